The molecule has 15 heavy (non-hydrogen) atoms. The minimum atomic E-state index is -0.336. The molecule has 0 radical (unpaired) electrons. The first-order chi connectivity index (χ1) is 7.26. The van der Waals surface area contributed by atoms with E-state index in [0.29, 0.717) is 16.7 Å². The molecule has 0 bridgehead atoms. The van der Waals surface area contributed by atoms with Crippen LogP contribution in [-0.4, -0.2) is 7.11 Å². The summed E-state index contributed by atoms with van der Waals surface area (Å²) in [5, 5.41) is 9.02. The molecule has 0 saturated carbocycles. The van der Waals surface area contributed by atoms with Crippen LogP contribution in [0.5, 0.6) is 5.75 Å². The first-order valence-electron chi connectivity index (χ1n) is 4.26. The van der Waals surface area contributed by atoms with Gasteiger partial charge in [-0.15, -0.1) is 0 Å². The fourth-order valence-corrected chi connectivity index (χ4v) is 1.31. The number of hydrogen-bond donors (Lipinski definition) is 0. The van der Waals surface area contributed by atoms with Gasteiger partial charge in [-0.05, 0) is 18.2 Å². The van der Waals surface area contributed by atoms with Crippen LogP contribution in [0.15, 0.2) is 33.7 Å². The summed E-state index contributed by atoms with van der Waals surface area (Å²) in [6.45, 7) is 0. The number of nitrogens with zero attached hydrogens (tertiary/aromatic N) is 1. The van der Waals surface area contributed by atoms with E-state index in [1.165, 1.54) is 7.11 Å². The highest BCUT2D eigenvalue weighted by molar-refractivity contribution is 5.79. The van der Waals surface area contributed by atoms with Gasteiger partial charge < -0.3 is 9.15 Å². The van der Waals surface area contributed by atoms with Gasteiger partial charge in [0.05, 0.1) is 12.5 Å². The summed E-state index contributed by atoms with van der Waals surface area (Å²) in [7, 11) is 1.51. The molecule has 0 aliphatic heterocycles. The molecule has 2 rings (SSSR count). The third-order valence-corrected chi connectivity index (χ3v) is 2.10. The highest BCUT2D eigenvalue weighted by Gasteiger charge is 2.06. The Kier molecular flexibility index (Phi) is 2.14. The average molecular weight is 201 g/mol. The van der Waals surface area contributed by atoms with Crippen molar-refractivity contribution in [2.45, 2.75) is 0 Å². The van der Waals surface area contributed by atoms with Crippen molar-refractivity contribution in [1.29, 1.82) is 5.26 Å². The van der Waals surface area contributed by atoms with Gasteiger partial charge in [-0.25, -0.2) is 0 Å². The second-order valence-electron chi connectivity index (χ2n) is 2.95. The normalized spacial score (nSPS) is 9.87. The number of hydrogen-bond acceptors (Lipinski definition) is 4. The van der Waals surface area contributed by atoms with E-state index in [9.17, 15) is 4.79 Å². The molecule has 0 saturated heterocycles. The molecule has 1 aromatic carbocycles. The molecule has 0 atom stereocenters. The predicted octanol–water partition coefficient (Wildman–Crippen LogP) is 1.67. The zero-order valence-electron chi connectivity index (χ0n) is 7.98. The van der Waals surface area contributed by atoms with E-state index >= 15 is 0 Å². The van der Waals surface area contributed by atoms with E-state index in [1.54, 1.807) is 24.3 Å². The van der Waals surface area contributed by atoms with Crippen molar-refractivity contribution >= 4 is 11.0 Å². The molecule has 0 aliphatic rings. The van der Waals surface area contributed by atoms with Gasteiger partial charge in [0, 0.05) is 0 Å². The lowest BCUT2D eigenvalue weighted by molar-refractivity contribution is 0.415. The summed E-state index contributed by atoms with van der Waals surface area (Å²) in [4.78, 5) is 11.7. The van der Waals surface area contributed by atoms with E-state index < -0.39 is 0 Å². The average Bonchev–Trinajstić information content (AvgIpc) is 2.29. The van der Waals surface area contributed by atoms with Crippen molar-refractivity contribution in [3.05, 3.63) is 40.2 Å². The van der Waals surface area contributed by atoms with Crippen LogP contribution in [0, 0.1) is 11.3 Å². The van der Waals surface area contributed by atoms with Crippen LogP contribution in [0.2, 0.25) is 0 Å². The van der Waals surface area contributed by atoms with Crippen molar-refractivity contribution < 1.29 is 9.15 Å². The monoisotopic (exact) mass is 201 g/mol. The molecule has 0 fully saturated rings. The summed E-state index contributed by atoms with van der Waals surface area (Å²) in [6, 6.07) is 6.66. The maximum atomic E-state index is 11.7. The van der Waals surface area contributed by atoms with E-state index in [1.807, 2.05) is 0 Å². The number of ether oxygens (including phenoxy) is 1. The molecule has 0 spiro atoms. The van der Waals surface area contributed by atoms with Gasteiger partial charge in [-0.3, -0.25) is 4.79 Å². The fraction of sp³-hybridized carbons (Fsp3) is 0.0909. The zero-order chi connectivity index (χ0) is 10.8. The first-order valence-corrected chi connectivity index (χ1v) is 4.26. The quantitative estimate of drug-likeness (QED) is 0.704. The molecule has 0 aliphatic carbocycles. The highest BCUT2D eigenvalue weighted by atomic mass is 16.5. The number of benzene rings is 1. The van der Waals surface area contributed by atoms with Crippen molar-refractivity contribution in [2.75, 3.05) is 7.11 Å². The highest BCUT2D eigenvalue weighted by Crippen LogP contribution is 2.18. The third kappa shape index (κ3) is 1.44. The summed E-state index contributed by atoms with van der Waals surface area (Å²) in [5.41, 5.74) is 0.105. The predicted molar refractivity (Wildman–Crippen MR) is 53.8 cm³/mol. The van der Waals surface area contributed by atoms with Gasteiger partial charge in [0.25, 0.3) is 0 Å². The van der Waals surface area contributed by atoms with Crippen LogP contribution in [0.1, 0.15) is 5.56 Å². The largest absolute Gasteiger partial charge is 0.497 e. The number of rotatable bonds is 1. The SMILES string of the molecule is COc1ccc2occ(C#N)c(=O)c2c1. The molecule has 1 aromatic heterocycles. The van der Waals surface area contributed by atoms with E-state index in [-0.39, 0.29) is 11.0 Å². The Labute approximate surface area is 85.3 Å². The van der Waals surface area contributed by atoms with Crippen LogP contribution >= 0.6 is 0 Å². The van der Waals surface area contributed by atoms with Crippen molar-refractivity contribution in [1.82, 2.24) is 0 Å². The summed E-state index contributed by atoms with van der Waals surface area (Å²) in [5.74, 6) is 0.560. The number of nitriles is 1. The van der Waals surface area contributed by atoms with Gasteiger partial charge in [-0.2, -0.15) is 5.26 Å². The second-order valence-corrected chi connectivity index (χ2v) is 2.95. The zero-order valence-corrected chi connectivity index (χ0v) is 7.98. The smallest absolute Gasteiger partial charge is 0.210 e. The number of fused-ring (bicyclic) bond motifs is 1. The minimum Gasteiger partial charge on any atom is -0.497 e. The lowest BCUT2D eigenvalue weighted by Crippen LogP contribution is -2.05. The Hall–Kier alpha value is -2.28. The molecule has 0 N–H and O–H groups in total. The first kappa shape index (κ1) is 9.28. The van der Waals surface area contributed by atoms with Crippen molar-refractivity contribution in [3.8, 4) is 11.8 Å². The fourth-order valence-electron chi connectivity index (χ4n) is 1.31. The lowest BCUT2D eigenvalue weighted by atomic mass is 10.2. The molecule has 4 nitrogen and oxygen atoms in total. The molecule has 2 aromatic rings. The van der Waals surface area contributed by atoms with Gasteiger partial charge in [0.1, 0.15) is 29.2 Å². The Balaban J connectivity index is 2.85. The minimum absolute atomic E-state index is 0.00393. The van der Waals surface area contributed by atoms with Gasteiger partial charge in [0.2, 0.25) is 5.43 Å². The van der Waals surface area contributed by atoms with E-state index in [0.717, 1.165) is 6.26 Å². The van der Waals surface area contributed by atoms with Crippen LogP contribution < -0.4 is 10.2 Å². The topological polar surface area (TPSA) is 63.2 Å². The van der Waals surface area contributed by atoms with Crippen LogP contribution in [0.4, 0.5) is 0 Å². The molecule has 74 valence electrons. The summed E-state index contributed by atoms with van der Waals surface area (Å²) >= 11 is 0. The maximum Gasteiger partial charge on any atom is 0.210 e. The lowest BCUT2D eigenvalue weighted by Gasteiger charge is -2.00. The molecule has 1 heterocycles. The Morgan fingerprint density at radius 3 is 2.93 bits per heavy atom. The second kappa shape index (κ2) is 3.46. The van der Waals surface area contributed by atoms with Crippen LogP contribution in [0.3, 0.4) is 0 Å². The van der Waals surface area contributed by atoms with Crippen LogP contribution in [0.25, 0.3) is 11.0 Å². The summed E-state index contributed by atoms with van der Waals surface area (Å²) < 4.78 is 10.1. The van der Waals surface area contributed by atoms with Gasteiger partial charge in [-0.1, -0.05) is 0 Å². The molecule has 4 heteroatoms. The standard InChI is InChI=1S/C11H7NO3/c1-14-8-2-3-10-9(4-8)11(13)7(5-12)6-15-10/h2-4,6H,1H3. The Bertz CT molecular complexity index is 607. The van der Waals surface area contributed by atoms with Crippen LogP contribution in [-0.2, 0) is 0 Å². The number of methoxy groups -OCH3 is 1. The van der Waals surface area contributed by atoms with Gasteiger partial charge >= 0.3 is 0 Å². The molecular weight excluding hydrogens is 194 g/mol. The van der Waals surface area contributed by atoms with Crippen molar-refractivity contribution in [2.24, 2.45) is 0 Å². The maximum absolute atomic E-state index is 11.7. The van der Waals surface area contributed by atoms with E-state index in [4.69, 9.17) is 14.4 Å². The molecule has 0 amide bonds. The molecular formula is C11H7NO3. The Morgan fingerprint density at radius 2 is 2.27 bits per heavy atom. The Morgan fingerprint density at radius 1 is 1.47 bits per heavy atom. The third-order valence-electron chi connectivity index (χ3n) is 2.10. The van der Waals surface area contributed by atoms with Gasteiger partial charge in [0.15, 0.2) is 0 Å². The van der Waals surface area contributed by atoms with Crippen molar-refractivity contribution in [3.63, 3.8) is 0 Å². The summed E-state index contributed by atoms with van der Waals surface area (Å²) in [6.07, 6.45) is 1.16. The van der Waals surface area contributed by atoms with E-state index in [2.05, 4.69) is 0 Å². The molecule has 0 unspecified atom stereocenters.